The summed E-state index contributed by atoms with van der Waals surface area (Å²) in [4.78, 5) is 24.0. The average molecular weight is 423 g/mol. The summed E-state index contributed by atoms with van der Waals surface area (Å²) < 4.78 is 10.8. The highest BCUT2D eigenvalue weighted by molar-refractivity contribution is 6.33. The van der Waals surface area contributed by atoms with Gasteiger partial charge in [0.1, 0.15) is 11.5 Å². The lowest BCUT2D eigenvalue weighted by Gasteiger charge is -2.07. The first-order valence-corrected chi connectivity index (χ1v) is 9.48. The predicted octanol–water partition coefficient (Wildman–Crippen LogP) is 4.40. The Morgan fingerprint density at radius 2 is 1.70 bits per heavy atom. The van der Waals surface area contributed by atoms with Gasteiger partial charge in [-0.05, 0) is 60.5 Å². The number of amides is 1. The monoisotopic (exact) mass is 422 g/mol. The van der Waals surface area contributed by atoms with Crippen molar-refractivity contribution in [3.8, 4) is 11.5 Å². The fraction of sp³-hybridized carbons (Fsp3) is 0.0870. The number of carbonyl (C=O) groups excluding carboxylic acids is 2. The Hall–Kier alpha value is -3.64. The lowest BCUT2D eigenvalue weighted by molar-refractivity contribution is -0.123. The number of nitrogens with one attached hydrogen (secondary N) is 1. The van der Waals surface area contributed by atoms with E-state index in [1.807, 2.05) is 25.1 Å². The molecule has 0 aromatic heterocycles. The zero-order valence-corrected chi connectivity index (χ0v) is 16.9. The number of esters is 1. The van der Waals surface area contributed by atoms with Crippen LogP contribution in [-0.4, -0.2) is 24.7 Å². The van der Waals surface area contributed by atoms with Gasteiger partial charge in [0.05, 0.1) is 16.8 Å². The normalized spacial score (nSPS) is 10.6. The van der Waals surface area contributed by atoms with Gasteiger partial charge in [-0.2, -0.15) is 5.10 Å². The highest BCUT2D eigenvalue weighted by atomic mass is 35.5. The van der Waals surface area contributed by atoms with E-state index in [9.17, 15) is 9.59 Å². The van der Waals surface area contributed by atoms with Gasteiger partial charge in [-0.15, -0.1) is 0 Å². The summed E-state index contributed by atoms with van der Waals surface area (Å²) in [6, 6.07) is 20.8. The second kappa shape index (κ2) is 10.2. The Bertz CT molecular complexity index is 1060. The first kappa shape index (κ1) is 21.1. The summed E-state index contributed by atoms with van der Waals surface area (Å²) in [6.07, 6.45) is 1.48. The molecule has 3 rings (SSSR count). The predicted molar refractivity (Wildman–Crippen MR) is 115 cm³/mol. The molecule has 152 valence electrons. The van der Waals surface area contributed by atoms with Gasteiger partial charge in [0.2, 0.25) is 0 Å². The van der Waals surface area contributed by atoms with Crippen LogP contribution in [0.2, 0.25) is 5.02 Å². The molecule has 7 heteroatoms. The zero-order valence-electron chi connectivity index (χ0n) is 16.2. The minimum absolute atomic E-state index is 0.140. The van der Waals surface area contributed by atoms with Crippen LogP contribution in [0.25, 0.3) is 0 Å². The number of rotatable bonds is 7. The van der Waals surface area contributed by atoms with Crippen LogP contribution in [0.15, 0.2) is 77.9 Å². The van der Waals surface area contributed by atoms with Gasteiger partial charge in [-0.3, -0.25) is 4.79 Å². The van der Waals surface area contributed by atoms with Crippen LogP contribution in [0.1, 0.15) is 21.5 Å². The van der Waals surface area contributed by atoms with E-state index < -0.39 is 5.97 Å². The van der Waals surface area contributed by atoms with Crippen molar-refractivity contribution >= 4 is 29.7 Å². The second-order valence-corrected chi connectivity index (χ2v) is 6.69. The number of hydrazone groups is 1. The Morgan fingerprint density at radius 1 is 1.00 bits per heavy atom. The molecule has 30 heavy (non-hydrogen) atoms. The summed E-state index contributed by atoms with van der Waals surface area (Å²) in [6.45, 7) is 1.76. The molecule has 0 unspecified atom stereocenters. The molecule has 0 fully saturated rings. The molecule has 0 bridgehead atoms. The largest absolute Gasteiger partial charge is 0.483 e. The smallest absolute Gasteiger partial charge is 0.345 e. The molecule has 0 aliphatic heterocycles. The number of hydrogen-bond donors (Lipinski definition) is 1. The number of benzene rings is 3. The molecule has 1 N–H and O–H groups in total. The quantitative estimate of drug-likeness (QED) is 0.265. The van der Waals surface area contributed by atoms with Gasteiger partial charge in [-0.25, -0.2) is 10.2 Å². The second-order valence-electron chi connectivity index (χ2n) is 6.29. The molecule has 0 heterocycles. The third-order valence-corrected chi connectivity index (χ3v) is 4.37. The molecule has 0 aliphatic carbocycles. The maximum Gasteiger partial charge on any atom is 0.345 e. The number of halogens is 1. The van der Waals surface area contributed by atoms with Gasteiger partial charge in [0, 0.05) is 0 Å². The lowest BCUT2D eigenvalue weighted by atomic mass is 10.2. The van der Waals surface area contributed by atoms with E-state index in [1.165, 1.54) is 6.21 Å². The van der Waals surface area contributed by atoms with Gasteiger partial charge in [0.25, 0.3) is 5.91 Å². The number of para-hydroxylation sites is 1. The lowest BCUT2D eigenvalue weighted by Crippen LogP contribution is -2.24. The van der Waals surface area contributed by atoms with Crippen LogP contribution in [0.5, 0.6) is 11.5 Å². The molecule has 3 aromatic carbocycles. The molecule has 3 aromatic rings. The van der Waals surface area contributed by atoms with Crippen molar-refractivity contribution in [1.29, 1.82) is 0 Å². The van der Waals surface area contributed by atoms with E-state index in [2.05, 4.69) is 10.5 Å². The highest BCUT2D eigenvalue weighted by Crippen LogP contribution is 2.19. The maximum atomic E-state index is 12.2. The standard InChI is InChI=1S/C23H19ClN2O4/c1-16-6-2-5-9-21(16)29-15-22(27)26-25-14-17-10-12-18(13-11-17)30-23(28)19-7-3-4-8-20(19)24/h2-14H,15H2,1H3,(H,26,27)/b25-14+. The third-order valence-electron chi connectivity index (χ3n) is 4.04. The first-order valence-electron chi connectivity index (χ1n) is 9.10. The number of carbonyl (C=O) groups is 2. The fourth-order valence-electron chi connectivity index (χ4n) is 2.48. The topological polar surface area (TPSA) is 77.0 Å². The summed E-state index contributed by atoms with van der Waals surface area (Å²) >= 11 is 6.00. The number of nitrogens with zero attached hydrogens (tertiary/aromatic N) is 1. The number of ether oxygens (including phenoxy) is 2. The van der Waals surface area contributed by atoms with Crippen molar-refractivity contribution < 1.29 is 19.1 Å². The van der Waals surface area contributed by atoms with Gasteiger partial charge in [-0.1, -0.05) is 41.9 Å². The summed E-state index contributed by atoms with van der Waals surface area (Å²) in [7, 11) is 0. The molecule has 0 radical (unpaired) electrons. The highest BCUT2D eigenvalue weighted by Gasteiger charge is 2.12. The molecular formula is C23H19ClN2O4. The maximum absolute atomic E-state index is 12.2. The Morgan fingerprint density at radius 3 is 2.43 bits per heavy atom. The van der Waals surface area contributed by atoms with E-state index in [-0.39, 0.29) is 12.5 Å². The van der Waals surface area contributed by atoms with E-state index in [1.54, 1.807) is 54.6 Å². The van der Waals surface area contributed by atoms with Gasteiger partial charge >= 0.3 is 5.97 Å². The Labute approximate surface area is 179 Å². The number of hydrogen-bond acceptors (Lipinski definition) is 5. The summed E-state index contributed by atoms with van der Waals surface area (Å²) in [5.41, 5.74) is 4.36. The van der Waals surface area contributed by atoms with E-state index in [0.717, 1.165) is 5.56 Å². The fourth-order valence-corrected chi connectivity index (χ4v) is 2.70. The number of aryl methyl sites for hydroxylation is 1. The first-order chi connectivity index (χ1) is 14.5. The Kier molecular flexibility index (Phi) is 7.19. The molecule has 1 amide bonds. The Balaban J connectivity index is 1.48. The van der Waals surface area contributed by atoms with Gasteiger partial charge in [0.15, 0.2) is 6.61 Å². The molecule has 0 aliphatic rings. The van der Waals surface area contributed by atoms with Crippen LogP contribution in [0, 0.1) is 6.92 Å². The zero-order chi connectivity index (χ0) is 21.3. The summed E-state index contributed by atoms with van der Waals surface area (Å²) in [5, 5.41) is 4.22. The minimum Gasteiger partial charge on any atom is -0.483 e. The van der Waals surface area contributed by atoms with E-state index in [0.29, 0.717) is 27.6 Å². The SMILES string of the molecule is Cc1ccccc1OCC(=O)N/N=C/c1ccc(OC(=O)c2ccccc2Cl)cc1. The molecular weight excluding hydrogens is 404 g/mol. The van der Waals surface area contributed by atoms with E-state index >= 15 is 0 Å². The van der Waals surface area contributed by atoms with Crippen molar-refractivity contribution in [2.24, 2.45) is 5.10 Å². The molecule has 0 saturated carbocycles. The molecule has 0 saturated heterocycles. The van der Waals surface area contributed by atoms with Crippen LogP contribution >= 0.6 is 11.6 Å². The molecule has 0 spiro atoms. The summed E-state index contributed by atoms with van der Waals surface area (Å²) in [5.74, 6) is 0.106. The minimum atomic E-state index is -0.539. The average Bonchev–Trinajstić information content (AvgIpc) is 2.74. The molecule has 6 nitrogen and oxygen atoms in total. The third kappa shape index (κ3) is 5.93. The van der Waals surface area contributed by atoms with Crippen molar-refractivity contribution in [3.63, 3.8) is 0 Å². The van der Waals surface area contributed by atoms with Crippen molar-refractivity contribution in [1.82, 2.24) is 5.43 Å². The van der Waals surface area contributed by atoms with E-state index in [4.69, 9.17) is 21.1 Å². The van der Waals surface area contributed by atoms with Crippen LogP contribution < -0.4 is 14.9 Å². The molecule has 0 atom stereocenters. The van der Waals surface area contributed by atoms with Crippen molar-refractivity contribution in [2.75, 3.05) is 6.61 Å². The van der Waals surface area contributed by atoms with Crippen LogP contribution in [-0.2, 0) is 4.79 Å². The van der Waals surface area contributed by atoms with Crippen molar-refractivity contribution in [2.45, 2.75) is 6.92 Å². The van der Waals surface area contributed by atoms with Gasteiger partial charge < -0.3 is 9.47 Å². The van der Waals surface area contributed by atoms with Crippen LogP contribution in [0.3, 0.4) is 0 Å². The van der Waals surface area contributed by atoms with Crippen molar-refractivity contribution in [3.05, 3.63) is 94.5 Å². The van der Waals surface area contributed by atoms with Crippen LogP contribution in [0.4, 0.5) is 0 Å².